The maximum Gasteiger partial charge on any atom is 1.00 e. The fraction of sp³-hybridized carbons (Fsp3) is 0.222. The summed E-state index contributed by atoms with van der Waals surface area (Å²) in [6, 6.07) is 5.27. The molecule has 0 heterocycles. The van der Waals surface area contributed by atoms with Crippen molar-refractivity contribution in [2.45, 2.75) is 13.8 Å². The number of carboxylic acids is 1. The molecule has 0 fully saturated rings. The minimum Gasteiger partial charge on any atom is -0.545 e. The maximum atomic E-state index is 10.5. The summed E-state index contributed by atoms with van der Waals surface area (Å²) >= 11 is 0. The van der Waals surface area contributed by atoms with Crippen LogP contribution in [0.1, 0.15) is 21.5 Å². The van der Waals surface area contributed by atoms with Gasteiger partial charge in [0.15, 0.2) is 0 Å². The van der Waals surface area contributed by atoms with E-state index in [0.717, 1.165) is 11.1 Å². The number of carbonyl (C=O) groups is 1. The number of benzene rings is 1. The summed E-state index contributed by atoms with van der Waals surface area (Å²) in [6.45, 7) is 3.61. The summed E-state index contributed by atoms with van der Waals surface area (Å²) in [6.07, 6.45) is 0. The molecular weight excluding hydrogens is 344 g/mol. The second-order valence-corrected chi connectivity index (χ2v) is 2.61. The normalized spacial score (nSPS) is 8.83. The number of carbonyl (C=O) groups excluding carboxylic acids is 1. The van der Waals surface area contributed by atoms with Crippen LogP contribution in [0.25, 0.3) is 0 Å². The van der Waals surface area contributed by atoms with Crippen molar-refractivity contribution >= 4 is 33.3 Å². The summed E-state index contributed by atoms with van der Waals surface area (Å²) in [7, 11) is 0. The van der Waals surface area contributed by atoms with Gasteiger partial charge in [-0.25, -0.2) is 0 Å². The van der Waals surface area contributed by atoms with Crippen molar-refractivity contribution in [3.8, 4) is 0 Å². The van der Waals surface area contributed by atoms with E-state index in [2.05, 4.69) is 0 Å². The van der Waals surface area contributed by atoms with Gasteiger partial charge in [-0.2, -0.15) is 0 Å². The van der Waals surface area contributed by atoms with Gasteiger partial charge >= 0.3 is 27.3 Å². The third-order valence-electron chi connectivity index (χ3n) is 1.61. The standard InChI is InChI=1S/C9H10O2.Tl/c1-6-3-4-7(2)8(5-6)9(10)11;/h3-5H,1-2H3,(H,10,11);/q;+1/p-1. The first kappa shape index (κ1) is 11.6. The van der Waals surface area contributed by atoms with E-state index in [0.29, 0.717) is 0 Å². The van der Waals surface area contributed by atoms with Crippen molar-refractivity contribution in [3.05, 3.63) is 34.9 Å². The molecule has 0 aliphatic carbocycles. The van der Waals surface area contributed by atoms with Gasteiger partial charge in [-0.15, -0.1) is 0 Å². The molecule has 0 aliphatic heterocycles. The quantitative estimate of drug-likeness (QED) is 0.681. The number of aromatic carboxylic acids is 1. The first-order valence-electron chi connectivity index (χ1n) is 3.40. The Balaban J connectivity index is 0.00000121. The molecule has 2 nitrogen and oxygen atoms in total. The fourth-order valence-corrected chi connectivity index (χ4v) is 0.956. The molecule has 3 heteroatoms. The predicted molar refractivity (Wildman–Crippen MR) is 46.0 cm³/mol. The van der Waals surface area contributed by atoms with Crippen LogP contribution in [0, 0.1) is 13.8 Å². The van der Waals surface area contributed by atoms with Crippen LogP contribution in [0.5, 0.6) is 0 Å². The van der Waals surface area contributed by atoms with Crippen LogP contribution in [0.4, 0.5) is 0 Å². The van der Waals surface area contributed by atoms with Gasteiger partial charge in [-0.05, 0) is 25.5 Å². The molecule has 0 amide bonds. The Morgan fingerprint density at radius 2 is 1.92 bits per heavy atom. The summed E-state index contributed by atoms with van der Waals surface area (Å²) in [5.41, 5.74) is 1.97. The van der Waals surface area contributed by atoms with E-state index in [1.54, 1.807) is 19.1 Å². The van der Waals surface area contributed by atoms with Crippen LogP contribution in [-0.2, 0) is 0 Å². The molecule has 0 spiro atoms. The van der Waals surface area contributed by atoms with Gasteiger partial charge in [0.1, 0.15) is 0 Å². The van der Waals surface area contributed by atoms with Crippen LogP contribution in [0.15, 0.2) is 18.2 Å². The van der Waals surface area contributed by atoms with E-state index in [4.69, 9.17) is 0 Å². The Hall–Kier alpha value is -0.388. The van der Waals surface area contributed by atoms with Gasteiger partial charge in [0.05, 0.1) is 5.97 Å². The molecule has 1 rings (SSSR count). The van der Waals surface area contributed by atoms with Gasteiger partial charge in [0.25, 0.3) is 0 Å². The Bertz CT molecular complexity index is 295. The first-order chi connectivity index (χ1) is 5.11. The SMILES string of the molecule is Cc1ccc(C)c(C(=O)[O-])c1.[Tl+]. The Labute approximate surface area is 91.8 Å². The number of hydrogen-bond acceptors (Lipinski definition) is 2. The van der Waals surface area contributed by atoms with E-state index in [1.165, 1.54) is 0 Å². The molecule has 1 aromatic carbocycles. The molecule has 0 radical (unpaired) electrons. The zero-order valence-corrected chi connectivity index (χ0v) is 11.6. The Morgan fingerprint density at radius 1 is 1.33 bits per heavy atom. The topological polar surface area (TPSA) is 40.1 Å². The van der Waals surface area contributed by atoms with E-state index in [-0.39, 0.29) is 32.9 Å². The molecule has 0 saturated heterocycles. The van der Waals surface area contributed by atoms with Gasteiger partial charge < -0.3 is 9.90 Å². The third-order valence-corrected chi connectivity index (χ3v) is 1.61. The summed E-state index contributed by atoms with van der Waals surface area (Å²) < 4.78 is 0. The summed E-state index contributed by atoms with van der Waals surface area (Å²) in [5.74, 6) is -1.11. The van der Waals surface area contributed by atoms with Gasteiger partial charge in [-0.3, -0.25) is 0 Å². The molecule has 0 N–H and O–H groups in total. The van der Waals surface area contributed by atoms with E-state index < -0.39 is 5.97 Å². The van der Waals surface area contributed by atoms with Gasteiger partial charge in [-0.1, -0.05) is 17.7 Å². The van der Waals surface area contributed by atoms with Gasteiger partial charge in [0, 0.05) is 5.56 Å². The van der Waals surface area contributed by atoms with Crippen molar-refractivity contribution in [3.63, 3.8) is 0 Å². The molecule has 0 bridgehead atoms. The fourth-order valence-electron chi connectivity index (χ4n) is 0.956. The predicted octanol–water partition coefficient (Wildman–Crippen LogP) is 0.286. The molecular formula is C9H9O2Tl. The molecule has 12 heavy (non-hydrogen) atoms. The van der Waals surface area contributed by atoms with Crippen LogP contribution in [-0.4, -0.2) is 33.3 Å². The smallest absolute Gasteiger partial charge is 0.545 e. The van der Waals surface area contributed by atoms with E-state index in [9.17, 15) is 9.90 Å². The van der Waals surface area contributed by atoms with Crippen LogP contribution >= 0.6 is 0 Å². The number of rotatable bonds is 1. The molecule has 60 valence electrons. The van der Waals surface area contributed by atoms with E-state index >= 15 is 0 Å². The van der Waals surface area contributed by atoms with Crippen LogP contribution < -0.4 is 5.11 Å². The Kier molecular flexibility index (Phi) is 4.44. The zero-order chi connectivity index (χ0) is 8.43. The monoisotopic (exact) mass is 354 g/mol. The minimum absolute atomic E-state index is 0. The molecule has 0 atom stereocenters. The van der Waals surface area contributed by atoms with Crippen molar-refractivity contribution in [2.75, 3.05) is 0 Å². The van der Waals surface area contributed by atoms with Crippen LogP contribution in [0.2, 0.25) is 0 Å². The first-order valence-corrected chi connectivity index (χ1v) is 3.40. The minimum atomic E-state index is -1.11. The number of aryl methyl sites for hydroxylation is 2. The number of carboxylic acid groups (broad SMARTS) is 1. The third kappa shape index (κ3) is 2.58. The van der Waals surface area contributed by atoms with Crippen molar-refractivity contribution in [1.29, 1.82) is 0 Å². The summed E-state index contributed by atoms with van der Waals surface area (Å²) in [5, 5.41) is 10.5. The summed E-state index contributed by atoms with van der Waals surface area (Å²) in [4.78, 5) is 10.5. The second kappa shape index (κ2) is 4.59. The zero-order valence-electron chi connectivity index (χ0n) is 7.13. The molecule has 1 aromatic rings. The van der Waals surface area contributed by atoms with E-state index in [1.807, 2.05) is 13.0 Å². The van der Waals surface area contributed by atoms with Crippen molar-refractivity contribution < 1.29 is 9.90 Å². The van der Waals surface area contributed by atoms with Crippen molar-refractivity contribution in [1.82, 2.24) is 0 Å². The van der Waals surface area contributed by atoms with Gasteiger partial charge in [0.2, 0.25) is 0 Å². The molecule has 0 aromatic heterocycles. The largest absolute Gasteiger partial charge is 1.00 e. The molecule has 0 saturated carbocycles. The van der Waals surface area contributed by atoms with Crippen molar-refractivity contribution in [2.24, 2.45) is 0 Å². The molecule has 0 aliphatic rings. The second-order valence-electron chi connectivity index (χ2n) is 2.61. The Morgan fingerprint density at radius 3 is 2.33 bits per heavy atom. The average molecular weight is 354 g/mol. The van der Waals surface area contributed by atoms with Crippen LogP contribution in [0.3, 0.4) is 0 Å². The molecule has 0 unspecified atom stereocenters. The maximum absolute atomic E-state index is 10.5. The average Bonchev–Trinajstić information content (AvgIpc) is 1.94. The number of hydrogen-bond donors (Lipinski definition) is 0.